The van der Waals surface area contributed by atoms with E-state index in [1.54, 1.807) is 25.1 Å². The van der Waals surface area contributed by atoms with Gasteiger partial charge in [0, 0.05) is 38.8 Å². The first-order chi connectivity index (χ1) is 11.9. The maximum absolute atomic E-state index is 14.4. The number of benzene rings is 1. The molecular weight excluding hydrogens is 327 g/mol. The Morgan fingerprint density at radius 3 is 2.64 bits per heavy atom. The van der Waals surface area contributed by atoms with Crippen molar-refractivity contribution in [2.75, 3.05) is 39.3 Å². The van der Waals surface area contributed by atoms with Gasteiger partial charge in [0.15, 0.2) is 0 Å². The van der Waals surface area contributed by atoms with Crippen LogP contribution < -0.4 is 10.3 Å². The minimum Gasteiger partial charge on any atom is -0.460 e. The zero-order valence-electron chi connectivity index (χ0n) is 14.5. The van der Waals surface area contributed by atoms with Crippen molar-refractivity contribution in [3.05, 3.63) is 39.9 Å². The summed E-state index contributed by atoms with van der Waals surface area (Å²) in [4.78, 5) is 26.6. The SMILES string of the molecule is COCCOC(=O)c1cn(C2CC2)c2cc(N(C)C)c(F)cc2c1=O. The second-order valence-corrected chi connectivity index (χ2v) is 6.35. The molecule has 0 atom stereocenters. The van der Waals surface area contributed by atoms with E-state index in [0.29, 0.717) is 11.2 Å². The molecule has 1 aliphatic rings. The maximum Gasteiger partial charge on any atom is 0.343 e. The normalized spacial score (nSPS) is 13.9. The lowest BCUT2D eigenvalue weighted by atomic mass is 10.1. The molecule has 25 heavy (non-hydrogen) atoms. The zero-order valence-corrected chi connectivity index (χ0v) is 14.5. The summed E-state index contributed by atoms with van der Waals surface area (Å²) < 4.78 is 26.1. The highest BCUT2D eigenvalue weighted by Gasteiger charge is 2.28. The van der Waals surface area contributed by atoms with Gasteiger partial charge in [0.25, 0.3) is 0 Å². The standard InChI is InChI=1S/C18H21FN2O4/c1-20(2)16-9-15-12(8-14(16)19)17(22)13(10-21(15)11-4-5-11)18(23)25-7-6-24-3/h8-11H,4-7H2,1-3H3. The second kappa shape index (κ2) is 6.84. The molecule has 0 radical (unpaired) electrons. The summed E-state index contributed by atoms with van der Waals surface area (Å²) in [5.41, 5.74) is 0.439. The van der Waals surface area contributed by atoms with Crippen molar-refractivity contribution in [2.45, 2.75) is 18.9 Å². The fourth-order valence-electron chi connectivity index (χ4n) is 2.80. The number of halogens is 1. The Kier molecular flexibility index (Phi) is 4.76. The average molecular weight is 348 g/mol. The molecule has 0 spiro atoms. The quantitative estimate of drug-likeness (QED) is 0.592. The molecule has 0 N–H and O–H groups in total. The van der Waals surface area contributed by atoms with E-state index >= 15 is 0 Å². The first-order valence-electron chi connectivity index (χ1n) is 8.15. The molecule has 0 aliphatic heterocycles. The van der Waals surface area contributed by atoms with Crippen molar-refractivity contribution in [2.24, 2.45) is 0 Å². The number of anilines is 1. The first kappa shape index (κ1) is 17.4. The van der Waals surface area contributed by atoms with Crippen LogP contribution in [0.25, 0.3) is 10.9 Å². The third kappa shape index (κ3) is 3.37. The fourth-order valence-corrected chi connectivity index (χ4v) is 2.80. The van der Waals surface area contributed by atoms with Gasteiger partial charge in [0.05, 0.1) is 17.8 Å². The van der Waals surface area contributed by atoms with E-state index in [0.717, 1.165) is 12.8 Å². The number of esters is 1. The third-order valence-electron chi connectivity index (χ3n) is 4.26. The molecule has 1 fully saturated rings. The molecule has 1 aliphatic carbocycles. The Bertz CT molecular complexity index is 871. The molecule has 2 aromatic rings. The number of carbonyl (C=O) groups excluding carboxylic acids is 1. The molecular formula is C18H21FN2O4. The topological polar surface area (TPSA) is 60.8 Å². The molecule has 1 heterocycles. The predicted molar refractivity (Wildman–Crippen MR) is 92.9 cm³/mol. The van der Waals surface area contributed by atoms with E-state index in [9.17, 15) is 14.0 Å². The van der Waals surface area contributed by atoms with Crippen molar-refractivity contribution in [1.29, 1.82) is 0 Å². The maximum atomic E-state index is 14.4. The molecule has 0 unspecified atom stereocenters. The fraction of sp³-hybridized carbons (Fsp3) is 0.444. The van der Waals surface area contributed by atoms with E-state index in [1.807, 2.05) is 4.57 Å². The first-order valence-corrected chi connectivity index (χ1v) is 8.15. The summed E-state index contributed by atoms with van der Waals surface area (Å²) >= 11 is 0. The smallest absolute Gasteiger partial charge is 0.343 e. The van der Waals surface area contributed by atoms with Crippen LogP contribution >= 0.6 is 0 Å². The number of carbonyl (C=O) groups is 1. The van der Waals surface area contributed by atoms with Gasteiger partial charge in [-0.25, -0.2) is 9.18 Å². The highest BCUT2D eigenvalue weighted by Crippen LogP contribution is 2.38. The molecule has 1 aromatic heterocycles. The Labute approximate surface area is 144 Å². The van der Waals surface area contributed by atoms with Crippen LogP contribution in [0.4, 0.5) is 10.1 Å². The van der Waals surface area contributed by atoms with Crippen molar-refractivity contribution < 1.29 is 18.7 Å². The number of rotatable bonds is 6. The summed E-state index contributed by atoms with van der Waals surface area (Å²) in [5, 5.41) is 0.191. The summed E-state index contributed by atoms with van der Waals surface area (Å²) in [6.07, 6.45) is 3.46. The highest BCUT2D eigenvalue weighted by atomic mass is 19.1. The van der Waals surface area contributed by atoms with Crippen LogP contribution in [0.15, 0.2) is 23.1 Å². The number of methoxy groups -OCH3 is 1. The van der Waals surface area contributed by atoms with Gasteiger partial charge >= 0.3 is 5.97 Å². The van der Waals surface area contributed by atoms with Gasteiger partial charge in [-0.05, 0) is 25.0 Å². The molecule has 6 nitrogen and oxygen atoms in total. The van der Waals surface area contributed by atoms with Crippen LogP contribution in [0.1, 0.15) is 29.2 Å². The number of aromatic nitrogens is 1. The van der Waals surface area contributed by atoms with Crippen LogP contribution in [0.5, 0.6) is 0 Å². The van der Waals surface area contributed by atoms with Gasteiger partial charge in [-0.2, -0.15) is 0 Å². The molecule has 134 valence electrons. The number of hydrogen-bond donors (Lipinski definition) is 0. The number of hydrogen-bond acceptors (Lipinski definition) is 5. The van der Waals surface area contributed by atoms with Gasteiger partial charge in [-0.1, -0.05) is 0 Å². The lowest BCUT2D eigenvalue weighted by molar-refractivity contribution is 0.0386. The van der Waals surface area contributed by atoms with E-state index < -0.39 is 17.2 Å². The zero-order chi connectivity index (χ0) is 18.1. The predicted octanol–water partition coefficient (Wildman–Crippen LogP) is 2.34. The molecule has 7 heteroatoms. The molecule has 1 saturated carbocycles. The Balaban J connectivity index is 2.14. The van der Waals surface area contributed by atoms with E-state index in [2.05, 4.69) is 0 Å². The molecule has 0 saturated heterocycles. The van der Waals surface area contributed by atoms with Gasteiger partial charge < -0.3 is 18.9 Å². The Hall–Kier alpha value is -2.41. The minimum atomic E-state index is -0.713. The number of fused-ring (bicyclic) bond motifs is 1. The van der Waals surface area contributed by atoms with Gasteiger partial charge in [-0.15, -0.1) is 0 Å². The lowest BCUT2D eigenvalue weighted by Gasteiger charge is -2.18. The van der Waals surface area contributed by atoms with Gasteiger partial charge in [0.1, 0.15) is 18.0 Å². The van der Waals surface area contributed by atoms with E-state index in [-0.39, 0.29) is 30.2 Å². The Morgan fingerprint density at radius 2 is 2.04 bits per heavy atom. The second-order valence-electron chi connectivity index (χ2n) is 6.35. The van der Waals surface area contributed by atoms with E-state index in [1.165, 1.54) is 19.4 Å². The summed E-state index contributed by atoms with van der Waals surface area (Å²) in [6, 6.07) is 3.08. The van der Waals surface area contributed by atoms with Crippen LogP contribution in [-0.2, 0) is 9.47 Å². The van der Waals surface area contributed by atoms with Crippen molar-refractivity contribution in [3.63, 3.8) is 0 Å². The lowest BCUT2D eigenvalue weighted by Crippen LogP contribution is -2.22. The van der Waals surface area contributed by atoms with Crippen molar-refractivity contribution >= 4 is 22.6 Å². The highest BCUT2D eigenvalue weighted by molar-refractivity contribution is 5.94. The van der Waals surface area contributed by atoms with Crippen LogP contribution in [0.3, 0.4) is 0 Å². The molecule has 1 aromatic carbocycles. The number of nitrogens with zero attached hydrogens (tertiary/aromatic N) is 2. The van der Waals surface area contributed by atoms with Crippen LogP contribution in [0, 0.1) is 5.82 Å². The van der Waals surface area contributed by atoms with Crippen LogP contribution in [-0.4, -0.2) is 45.0 Å². The summed E-state index contributed by atoms with van der Waals surface area (Å²) in [6.45, 7) is 0.307. The molecule has 3 rings (SSSR count). The number of ether oxygens (including phenoxy) is 2. The Morgan fingerprint density at radius 1 is 1.32 bits per heavy atom. The van der Waals surface area contributed by atoms with Crippen LogP contribution in [0.2, 0.25) is 0 Å². The summed E-state index contributed by atoms with van der Waals surface area (Å²) in [7, 11) is 4.98. The van der Waals surface area contributed by atoms with Gasteiger partial charge in [-0.3, -0.25) is 4.79 Å². The van der Waals surface area contributed by atoms with Gasteiger partial charge in [0.2, 0.25) is 5.43 Å². The monoisotopic (exact) mass is 348 g/mol. The minimum absolute atomic E-state index is 0.0597. The average Bonchev–Trinajstić information content (AvgIpc) is 3.40. The largest absolute Gasteiger partial charge is 0.460 e. The number of pyridine rings is 1. The summed E-state index contributed by atoms with van der Waals surface area (Å²) in [5.74, 6) is -1.21. The van der Waals surface area contributed by atoms with Crippen molar-refractivity contribution in [1.82, 2.24) is 4.57 Å². The van der Waals surface area contributed by atoms with E-state index in [4.69, 9.17) is 9.47 Å². The third-order valence-corrected chi connectivity index (χ3v) is 4.26. The van der Waals surface area contributed by atoms with Crippen molar-refractivity contribution in [3.8, 4) is 0 Å². The molecule has 0 amide bonds. The molecule has 0 bridgehead atoms.